The van der Waals surface area contributed by atoms with Crippen LogP contribution in [0.1, 0.15) is 29.8 Å². The van der Waals surface area contributed by atoms with Crippen molar-refractivity contribution < 1.29 is 28.6 Å². The Bertz CT molecular complexity index is 1140. The highest BCUT2D eigenvalue weighted by molar-refractivity contribution is 6.05. The van der Waals surface area contributed by atoms with Crippen molar-refractivity contribution >= 4 is 23.5 Å². The van der Waals surface area contributed by atoms with Gasteiger partial charge in [-0.25, -0.2) is 0 Å². The van der Waals surface area contributed by atoms with Crippen LogP contribution in [-0.4, -0.2) is 31.0 Å². The van der Waals surface area contributed by atoms with Gasteiger partial charge in [0.15, 0.2) is 6.61 Å². The minimum absolute atomic E-state index is 0.147. The number of ether oxygens (including phenoxy) is 3. The van der Waals surface area contributed by atoms with E-state index in [2.05, 4.69) is 10.6 Å². The first-order chi connectivity index (χ1) is 16.4. The largest absolute Gasteiger partial charge is 0.494 e. The minimum Gasteiger partial charge on any atom is -0.494 e. The first-order valence-corrected chi connectivity index (χ1v) is 10.7. The standard InChI is InChI=1S/C26H26N2O6/c1-3-32-21-11-13-22(14-12-21)33-17-25(30)27-16-20-7-4-5-10-24(20)28-26(31)19-8-6-9-23(15-19)34-18(2)29/h4-15H,3,16-17H2,1-2H3,(H,27,30)(H,28,31). The van der Waals surface area contributed by atoms with E-state index >= 15 is 0 Å². The molecule has 0 aliphatic carbocycles. The van der Waals surface area contributed by atoms with E-state index in [-0.39, 0.29) is 30.7 Å². The average molecular weight is 463 g/mol. The summed E-state index contributed by atoms with van der Waals surface area (Å²) in [5.41, 5.74) is 1.61. The van der Waals surface area contributed by atoms with Crippen molar-refractivity contribution in [3.63, 3.8) is 0 Å². The van der Waals surface area contributed by atoms with Gasteiger partial charge in [-0.2, -0.15) is 0 Å². The molecule has 0 aliphatic heterocycles. The zero-order valence-electron chi connectivity index (χ0n) is 19.0. The molecule has 0 saturated carbocycles. The molecule has 0 unspecified atom stereocenters. The predicted octanol–water partition coefficient (Wildman–Crippen LogP) is 3.96. The normalized spacial score (nSPS) is 10.2. The summed E-state index contributed by atoms with van der Waals surface area (Å²) in [6.07, 6.45) is 0. The van der Waals surface area contributed by atoms with Crippen molar-refractivity contribution in [2.45, 2.75) is 20.4 Å². The molecule has 176 valence electrons. The molecule has 0 heterocycles. The molecule has 2 N–H and O–H groups in total. The fourth-order valence-corrected chi connectivity index (χ4v) is 3.05. The Morgan fingerprint density at radius 3 is 2.24 bits per heavy atom. The average Bonchev–Trinajstić information content (AvgIpc) is 2.83. The van der Waals surface area contributed by atoms with Crippen LogP contribution in [0.15, 0.2) is 72.8 Å². The number of hydrogen-bond donors (Lipinski definition) is 2. The predicted molar refractivity (Wildman–Crippen MR) is 127 cm³/mol. The van der Waals surface area contributed by atoms with Crippen molar-refractivity contribution in [2.24, 2.45) is 0 Å². The number of esters is 1. The van der Waals surface area contributed by atoms with Crippen LogP contribution in [0.25, 0.3) is 0 Å². The number of rotatable bonds is 10. The topological polar surface area (TPSA) is 103 Å². The van der Waals surface area contributed by atoms with Crippen molar-refractivity contribution in [3.8, 4) is 17.2 Å². The lowest BCUT2D eigenvalue weighted by Crippen LogP contribution is -2.29. The third-order valence-electron chi connectivity index (χ3n) is 4.60. The Kier molecular flexibility index (Phi) is 8.62. The van der Waals surface area contributed by atoms with Gasteiger partial charge in [-0.05, 0) is 61.0 Å². The fourth-order valence-electron chi connectivity index (χ4n) is 3.05. The summed E-state index contributed by atoms with van der Waals surface area (Å²) in [6, 6.07) is 20.5. The second-order valence-electron chi connectivity index (χ2n) is 7.20. The van der Waals surface area contributed by atoms with E-state index in [0.717, 1.165) is 11.3 Å². The van der Waals surface area contributed by atoms with E-state index < -0.39 is 5.97 Å². The number of anilines is 1. The molecule has 0 radical (unpaired) electrons. The van der Waals surface area contributed by atoms with Crippen LogP contribution in [0.2, 0.25) is 0 Å². The molecule has 0 spiro atoms. The minimum atomic E-state index is -0.467. The highest BCUT2D eigenvalue weighted by Crippen LogP contribution is 2.19. The van der Waals surface area contributed by atoms with Gasteiger partial charge < -0.3 is 24.8 Å². The van der Waals surface area contributed by atoms with Crippen LogP contribution in [0.5, 0.6) is 17.2 Å². The monoisotopic (exact) mass is 462 g/mol. The van der Waals surface area contributed by atoms with Crippen LogP contribution < -0.4 is 24.8 Å². The lowest BCUT2D eigenvalue weighted by molar-refractivity contribution is -0.131. The van der Waals surface area contributed by atoms with E-state index in [1.54, 1.807) is 60.7 Å². The quantitative estimate of drug-likeness (QED) is 0.349. The second-order valence-corrected chi connectivity index (χ2v) is 7.20. The first-order valence-electron chi connectivity index (χ1n) is 10.7. The van der Waals surface area contributed by atoms with Crippen molar-refractivity contribution in [1.82, 2.24) is 5.32 Å². The fraction of sp³-hybridized carbons (Fsp3) is 0.192. The number of benzene rings is 3. The van der Waals surface area contributed by atoms with Gasteiger partial charge >= 0.3 is 5.97 Å². The Morgan fingerprint density at radius 1 is 0.824 bits per heavy atom. The van der Waals surface area contributed by atoms with Crippen LogP contribution in [0, 0.1) is 0 Å². The molecule has 3 aromatic rings. The third-order valence-corrected chi connectivity index (χ3v) is 4.60. The number of amides is 2. The molecule has 8 heteroatoms. The van der Waals surface area contributed by atoms with Crippen LogP contribution in [-0.2, 0) is 16.1 Å². The van der Waals surface area contributed by atoms with E-state index in [9.17, 15) is 14.4 Å². The number of para-hydroxylation sites is 1. The Morgan fingerprint density at radius 2 is 1.53 bits per heavy atom. The summed E-state index contributed by atoms with van der Waals surface area (Å²) in [4.78, 5) is 36.1. The zero-order chi connectivity index (χ0) is 24.3. The molecule has 0 fully saturated rings. The third kappa shape index (κ3) is 7.37. The van der Waals surface area contributed by atoms with Crippen molar-refractivity contribution in [2.75, 3.05) is 18.5 Å². The van der Waals surface area contributed by atoms with Crippen LogP contribution >= 0.6 is 0 Å². The number of carbonyl (C=O) groups is 3. The number of nitrogens with one attached hydrogen (secondary N) is 2. The number of carbonyl (C=O) groups excluding carboxylic acids is 3. The van der Waals surface area contributed by atoms with E-state index in [1.807, 2.05) is 13.0 Å². The van der Waals surface area contributed by atoms with Crippen LogP contribution in [0.3, 0.4) is 0 Å². The van der Waals surface area contributed by atoms with Crippen LogP contribution in [0.4, 0.5) is 5.69 Å². The van der Waals surface area contributed by atoms with Gasteiger partial charge in [-0.3, -0.25) is 14.4 Å². The van der Waals surface area contributed by atoms with E-state index in [1.165, 1.54) is 13.0 Å². The Labute approximate surface area is 197 Å². The zero-order valence-corrected chi connectivity index (χ0v) is 19.0. The Balaban J connectivity index is 1.55. The van der Waals surface area contributed by atoms with Gasteiger partial charge in [0.25, 0.3) is 11.8 Å². The van der Waals surface area contributed by atoms with Crippen molar-refractivity contribution in [1.29, 1.82) is 0 Å². The Hall–Kier alpha value is -4.33. The maximum atomic E-state index is 12.7. The van der Waals surface area contributed by atoms with Gasteiger partial charge in [0, 0.05) is 24.7 Å². The molecule has 34 heavy (non-hydrogen) atoms. The smallest absolute Gasteiger partial charge is 0.308 e. The molecule has 0 atom stereocenters. The molecule has 0 bridgehead atoms. The first kappa shape index (κ1) is 24.3. The molecule has 0 saturated heterocycles. The maximum absolute atomic E-state index is 12.7. The summed E-state index contributed by atoms with van der Waals surface area (Å²) in [5.74, 6) is 0.437. The summed E-state index contributed by atoms with van der Waals surface area (Å²) >= 11 is 0. The lowest BCUT2D eigenvalue weighted by atomic mass is 10.1. The SMILES string of the molecule is CCOc1ccc(OCC(=O)NCc2ccccc2NC(=O)c2cccc(OC(C)=O)c2)cc1. The highest BCUT2D eigenvalue weighted by atomic mass is 16.5. The summed E-state index contributed by atoms with van der Waals surface area (Å²) in [5, 5.41) is 5.62. The van der Waals surface area contributed by atoms with Crippen molar-refractivity contribution in [3.05, 3.63) is 83.9 Å². The van der Waals surface area contributed by atoms with Gasteiger partial charge in [-0.1, -0.05) is 24.3 Å². The lowest BCUT2D eigenvalue weighted by Gasteiger charge is -2.13. The van der Waals surface area contributed by atoms with Gasteiger partial charge in [0.2, 0.25) is 0 Å². The summed E-state index contributed by atoms with van der Waals surface area (Å²) in [6.45, 7) is 3.83. The molecule has 0 aliphatic rings. The highest BCUT2D eigenvalue weighted by Gasteiger charge is 2.12. The molecular formula is C26H26N2O6. The van der Waals surface area contributed by atoms with Gasteiger partial charge in [0.1, 0.15) is 17.2 Å². The maximum Gasteiger partial charge on any atom is 0.308 e. The summed E-state index contributed by atoms with van der Waals surface area (Å²) in [7, 11) is 0. The second kappa shape index (κ2) is 12.1. The van der Waals surface area contributed by atoms with Gasteiger partial charge in [-0.15, -0.1) is 0 Å². The molecule has 0 aromatic heterocycles. The molecular weight excluding hydrogens is 436 g/mol. The number of hydrogen-bond acceptors (Lipinski definition) is 6. The molecule has 3 rings (SSSR count). The molecule has 2 amide bonds. The van der Waals surface area contributed by atoms with E-state index in [0.29, 0.717) is 23.6 Å². The molecule has 3 aromatic carbocycles. The van der Waals surface area contributed by atoms with Gasteiger partial charge in [0.05, 0.1) is 6.61 Å². The van der Waals surface area contributed by atoms with E-state index in [4.69, 9.17) is 14.2 Å². The molecule has 8 nitrogen and oxygen atoms in total. The summed E-state index contributed by atoms with van der Waals surface area (Å²) < 4.78 is 15.9.